The summed E-state index contributed by atoms with van der Waals surface area (Å²) in [5.41, 5.74) is 0. The van der Waals surface area contributed by atoms with Gasteiger partial charge in [-0.25, -0.2) is 4.98 Å². The van der Waals surface area contributed by atoms with Crippen LogP contribution in [0.15, 0.2) is 12.4 Å². The first kappa shape index (κ1) is 20.2. The van der Waals surface area contributed by atoms with Gasteiger partial charge < -0.3 is 19.9 Å². The molecule has 21 heavy (non-hydrogen) atoms. The fourth-order valence-corrected chi connectivity index (χ4v) is 2.08. The molecule has 0 bridgehead atoms. The molecule has 0 aliphatic carbocycles. The predicted molar refractivity (Wildman–Crippen MR) is 86.0 cm³/mol. The maximum absolute atomic E-state index is 11.9. The largest absolute Gasteiger partial charge is 0.366 e. The topological polar surface area (TPSA) is 68.2 Å². The van der Waals surface area contributed by atoms with Crippen LogP contribution >= 0.6 is 24.8 Å². The summed E-state index contributed by atoms with van der Waals surface area (Å²) in [5, 5.41) is 6.02. The van der Waals surface area contributed by atoms with Crippen molar-refractivity contribution in [3.63, 3.8) is 0 Å². The Balaban J connectivity index is 0.00000200. The number of morpholine rings is 1. The molecule has 1 saturated heterocycles. The highest BCUT2D eigenvalue weighted by atomic mass is 35.5. The van der Waals surface area contributed by atoms with Crippen molar-refractivity contribution in [1.82, 2.24) is 20.2 Å². The van der Waals surface area contributed by atoms with Crippen LogP contribution in [0.4, 0.5) is 0 Å². The number of carbonyl (C=O) groups is 1. The van der Waals surface area contributed by atoms with Gasteiger partial charge in [0.25, 0.3) is 5.91 Å². The van der Waals surface area contributed by atoms with Gasteiger partial charge in [-0.3, -0.25) is 4.79 Å². The first-order valence-corrected chi connectivity index (χ1v) is 6.77. The average molecular weight is 339 g/mol. The second-order valence-electron chi connectivity index (χ2n) is 5.17. The number of imidazole rings is 1. The summed E-state index contributed by atoms with van der Waals surface area (Å²) in [6.45, 7) is 7.63. The lowest BCUT2D eigenvalue weighted by atomic mass is 10.2. The van der Waals surface area contributed by atoms with E-state index in [1.165, 1.54) is 0 Å². The monoisotopic (exact) mass is 338 g/mol. The molecule has 1 atom stereocenters. The molecule has 122 valence electrons. The summed E-state index contributed by atoms with van der Waals surface area (Å²) in [7, 11) is 0. The first-order chi connectivity index (χ1) is 9.16. The Morgan fingerprint density at radius 1 is 1.57 bits per heavy atom. The number of amides is 1. The number of carbonyl (C=O) groups excluding carboxylic acids is 1. The summed E-state index contributed by atoms with van der Waals surface area (Å²) >= 11 is 0. The summed E-state index contributed by atoms with van der Waals surface area (Å²) in [4.78, 5) is 16.2. The van der Waals surface area contributed by atoms with Gasteiger partial charge in [0.1, 0.15) is 11.9 Å². The summed E-state index contributed by atoms with van der Waals surface area (Å²) in [6, 6.07) is 0. The normalized spacial score (nSPS) is 17.8. The molecule has 0 saturated carbocycles. The third-order valence-electron chi connectivity index (χ3n) is 3.00. The van der Waals surface area contributed by atoms with Crippen LogP contribution in [0.2, 0.25) is 0 Å². The number of halogens is 2. The molecule has 2 N–H and O–H groups in total. The van der Waals surface area contributed by atoms with E-state index in [2.05, 4.69) is 34.0 Å². The predicted octanol–water partition coefficient (Wildman–Crippen LogP) is 0.987. The van der Waals surface area contributed by atoms with E-state index < -0.39 is 0 Å². The number of aromatic nitrogens is 2. The molecular weight excluding hydrogens is 315 g/mol. The zero-order valence-electron chi connectivity index (χ0n) is 12.4. The molecule has 1 unspecified atom stereocenters. The molecule has 1 aromatic rings. The van der Waals surface area contributed by atoms with Crippen molar-refractivity contribution in [3.8, 4) is 0 Å². The van der Waals surface area contributed by atoms with E-state index in [1.807, 2.05) is 6.20 Å². The van der Waals surface area contributed by atoms with E-state index >= 15 is 0 Å². The third-order valence-corrected chi connectivity index (χ3v) is 3.00. The van der Waals surface area contributed by atoms with Crippen molar-refractivity contribution < 1.29 is 9.53 Å². The number of ether oxygens (including phenoxy) is 1. The lowest BCUT2D eigenvalue weighted by molar-refractivity contribution is -0.134. The number of rotatable bonds is 5. The van der Waals surface area contributed by atoms with Gasteiger partial charge in [0, 0.05) is 32.0 Å². The quantitative estimate of drug-likeness (QED) is 0.839. The maximum Gasteiger partial charge on any atom is 0.250 e. The SMILES string of the molecule is CC(C)Cn1ccnc1CNC(=O)C1CNCCO1.Cl.Cl. The van der Waals surface area contributed by atoms with Crippen LogP contribution in [0.5, 0.6) is 0 Å². The second kappa shape index (κ2) is 10.00. The van der Waals surface area contributed by atoms with Gasteiger partial charge in [0.05, 0.1) is 13.2 Å². The Morgan fingerprint density at radius 2 is 2.33 bits per heavy atom. The zero-order chi connectivity index (χ0) is 13.7. The Labute approximate surface area is 137 Å². The summed E-state index contributed by atoms with van der Waals surface area (Å²) in [5.74, 6) is 1.35. The fourth-order valence-electron chi connectivity index (χ4n) is 2.08. The molecule has 1 fully saturated rings. The first-order valence-electron chi connectivity index (χ1n) is 6.77. The zero-order valence-corrected chi connectivity index (χ0v) is 14.0. The van der Waals surface area contributed by atoms with E-state index in [-0.39, 0.29) is 36.8 Å². The Hall–Kier alpha value is -0.820. The highest BCUT2D eigenvalue weighted by molar-refractivity contribution is 5.85. The standard InChI is InChI=1S/C13H22N4O2.2ClH/c1-10(2)9-17-5-3-15-12(17)8-16-13(18)11-7-14-4-6-19-11;;/h3,5,10-11,14H,4,6-9H2,1-2H3,(H,16,18);2*1H. The minimum atomic E-state index is -0.387. The number of hydrogen-bond acceptors (Lipinski definition) is 4. The van der Waals surface area contributed by atoms with Crippen LogP contribution < -0.4 is 10.6 Å². The Kier molecular flexibility index (Phi) is 9.61. The second-order valence-corrected chi connectivity index (χ2v) is 5.17. The molecule has 2 heterocycles. The van der Waals surface area contributed by atoms with Gasteiger partial charge in [0.2, 0.25) is 0 Å². The lowest BCUT2D eigenvalue weighted by Gasteiger charge is -2.22. The Bertz CT molecular complexity index is 420. The van der Waals surface area contributed by atoms with Crippen molar-refractivity contribution in [3.05, 3.63) is 18.2 Å². The van der Waals surface area contributed by atoms with E-state index in [0.29, 0.717) is 25.6 Å². The molecule has 0 aromatic carbocycles. The van der Waals surface area contributed by atoms with Crippen LogP contribution in [0.3, 0.4) is 0 Å². The van der Waals surface area contributed by atoms with E-state index in [4.69, 9.17) is 4.74 Å². The molecule has 8 heteroatoms. The van der Waals surface area contributed by atoms with Gasteiger partial charge in [-0.05, 0) is 5.92 Å². The summed E-state index contributed by atoms with van der Waals surface area (Å²) in [6.07, 6.45) is 3.32. The van der Waals surface area contributed by atoms with Gasteiger partial charge >= 0.3 is 0 Å². The van der Waals surface area contributed by atoms with Crippen molar-refractivity contribution in [2.24, 2.45) is 5.92 Å². The minimum Gasteiger partial charge on any atom is -0.366 e. The highest BCUT2D eigenvalue weighted by Crippen LogP contribution is 2.04. The Morgan fingerprint density at radius 3 is 2.95 bits per heavy atom. The van der Waals surface area contributed by atoms with Crippen LogP contribution in [0.1, 0.15) is 19.7 Å². The van der Waals surface area contributed by atoms with Crippen molar-refractivity contribution in [1.29, 1.82) is 0 Å². The molecule has 1 aliphatic rings. The molecular formula is C13H24Cl2N4O2. The van der Waals surface area contributed by atoms with Crippen LogP contribution in [0, 0.1) is 5.92 Å². The number of nitrogens with zero attached hydrogens (tertiary/aromatic N) is 2. The van der Waals surface area contributed by atoms with Gasteiger partial charge in [-0.2, -0.15) is 0 Å². The van der Waals surface area contributed by atoms with E-state index in [9.17, 15) is 4.79 Å². The van der Waals surface area contributed by atoms with Gasteiger partial charge in [-0.15, -0.1) is 24.8 Å². The van der Waals surface area contributed by atoms with Crippen molar-refractivity contribution in [2.45, 2.75) is 33.0 Å². The molecule has 1 aromatic heterocycles. The van der Waals surface area contributed by atoms with Crippen LogP contribution in [-0.4, -0.2) is 41.3 Å². The molecule has 1 amide bonds. The van der Waals surface area contributed by atoms with Crippen LogP contribution in [0.25, 0.3) is 0 Å². The van der Waals surface area contributed by atoms with Crippen molar-refractivity contribution >= 4 is 30.7 Å². The van der Waals surface area contributed by atoms with Gasteiger partial charge in [-0.1, -0.05) is 13.8 Å². The van der Waals surface area contributed by atoms with Crippen LogP contribution in [-0.2, 0) is 22.6 Å². The highest BCUT2D eigenvalue weighted by Gasteiger charge is 2.21. The molecule has 0 spiro atoms. The number of hydrogen-bond donors (Lipinski definition) is 2. The molecule has 6 nitrogen and oxygen atoms in total. The van der Waals surface area contributed by atoms with E-state index in [0.717, 1.165) is 18.9 Å². The fraction of sp³-hybridized carbons (Fsp3) is 0.692. The molecule has 1 aliphatic heterocycles. The van der Waals surface area contributed by atoms with Gasteiger partial charge in [0.15, 0.2) is 0 Å². The minimum absolute atomic E-state index is 0. The average Bonchev–Trinajstić information content (AvgIpc) is 2.83. The van der Waals surface area contributed by atoms with Crippen molar-refractivity contribution in [2.75, 3.05) is 19.7 Å². The summed E-state index contributed by atoms with van der Waals surface area (Å²) < 4.78 is 7.48. The molecule has 2 rings (SSSR count). The number of nitrogens with one attached hydrogen (secondary N) is 2. The maximum atomic E-state index is 11.9. The smallest absolute Gasteiger partial charge is 0.250 e. The lowest BCUT2D eigenvalue weighted by Crippen LogP contribution is -2.47. The van der Waals surface area contributed by atoms with E-state index in [1.54, 1.807) is 6.20 Å². The molecule has 0 radical (unpaired) electrons. The third kappa shape index (κ3) is 6.22.